The van der Waals surface area contributed by atoms with Crippen LogP contribution in [0.1, 0.15) is 23.2 Å². The summed E-state index contributed by atoms with van der Waals surface area (Å²) in [5.74, 6) is 0.257. The number of nitrogens with zero attached hydrogens (tertiary/aromatic N) is 1. The molecule has 1 aromatic carbocycles. The fourth-order valence-corrected chi connectivity index (χ4v) is 3.21. The molecule has 126 valence electrons. The van der Waals surface area contributed by atoms with Crippen LogP contribution in [0.15, 0.2) is 30.4 Å². The zero-order valence-corrected chi connectivity index (χ0v) is 13.4. The number of aldehydes is 1. The van der Waals surface area contributed by atoms with E-state index in [2.05, 4.69) is 0 Å². The third kappa shape index (κ3) is 2.91. The first kappa shape index (κ1) is 16.2. The lowest BCUT2D eigenvalue weighted by atomic mass is 9.85. The van der Waals surface area contributed by atoms with E-state index in [0.29, 0.717) is 29.9 Å². The molecule has 0 aromatic heterocycles. The Kier molecular flexibility index (Phi) is 4.64. The largest absolute Gasteiger partial charge is 0.493 e. The van der Waals surface area contributed by atoms with E-state index in [1.54, 1.807) is 18.2 Å². The number of methoxy groups -OCH3 is 1. The normalized spacial score (nSPS) is 22.5. The zero-order valence-electron chi connectivity index (χ0n) is 13.4. The van der Waals surface area contributed by atoms with E-state index in [1.165, 1.54) is 12.0 Å². The Morgan fingerprint density at radius 1 is 1.12 bits per heavy atom. The van der Waals surface area contributed by atoms with Gasteiger partial charge in [-0.1, -0.05) is 12.2 Å². The quantitative estimate of drug-likeness (QED) is 0.452. The summed E-state index contributed by atoms with van der Waals surface area (Å²) in [6.07, 6.45) is 5.92. The maximum absolute atomic E-state index is 12.4. The van der Waals surface area contributed by atoms with Crippen molar-refractivity contribution in [1.82, 2.24) is 4.90 Å². The summed E-state index contributed by atoms with van der Waals surface area (Å²) in [6, 6.07) is 4.84. The van der Waals surface area contributed by atoms with Crippen LogP contribution in [-0.4, -0.2) is 43.3 Å². The number of rotatable bonds is 6. The molecule has 0 saturated carbocycles. The lowest BCUT2D eigenvalue weighted by Gasteiger charge is -2.16. The molecular formula is C18H19NO5. The molecule has 2 aliphatic rings. The summed E-state index contributed by atoms with van der Waals surface area (Å²) in [4.78, 5) is 36.8. The van der Waals surface area contributed by atoms with Crippen molar-refractivity contribution in [3.63, 3.8) is 0 Å². The van der Waals surface area contributed by atoms with Crippen molar-refractivity contribution in [1.29, 1.82) is 0 Å². The minimum atomic E-state index is -0.219. The molecule has 2 atom stereocenters. The van der Waals surface area contributed by atoms with Gasteiger partial charge in [0.15, 0.2) is 11.5 Å². The molecule has 0 bridgehead atoms. The smallest absolute Gasteiger partial charge is 0.233 e. The molecule has 1 aliphatic heterocycles. The molecule has 1 saturated heterocycles. The molecule has 2 amide bonds. The predicted octanol–water partition coefficient (Wildman–Crippen LogP) is 1.84. The summed E-state index contributed by atoms with van der Waals surface area (Å²) in [5, 5.41) is 0. The second-order valence-corrected chi connectivity index (χ2v) is 5.86. The minimum Gasteiger partial charge on any atom is -0.493 e. The highest BCUT2D eigenvalue weighted by molar-refractivity contribution is 6.05. The van der Waals surface area contributed by atoms with E-state index in [0.717, 1.165) is 6.29 Å². The van der Waals surface area contributed by atoms with Crippen LogP contribution in [0.2, 0.25) is 0 Å². The van der Waals surface area contributed by atoms with Gasteiger partial charge in [-0.3, -0.25) is 19.3 Å². The highest BCUT2D eigenvalue weighted by atomic mass is 16.5. The highest BCUT2D eigenvalue weighted by Gasteiger charge is 2.46. The summed E-state index contributed by atoms with van der Waals surface area (Å²) in [5.41, 5.74) is 0.487. The third-order valence-electron chi connectivity index (χ3n) is 4.50. The maximum atomic E-state index is 12.4. The van der Waals surface area contributed by atoms with Crippen molar-refractivity contribution in [3.05, 3.63) is 35.9 Å². The van der Waals surface area contributed by atoms with Crippen molar-refractivity contribution in [2.45, 2.75) is 12.8 Å². The van der Waals surface area contributed by atoms with Gasteiger partial charge in [-0.05, 0) is 31.0 Å². The van der Waals surface area contributed by atoms with E-state index < -0.39 is 0 Å². The molecule has 6 heteroatoms. The second kappa shape index (κ2) is 6.86. The minimum absolute atomic E-state index is 0.110. The van der Waals surface area contributed by atoms with Crippen LogP contribution < -0.4 is 9.47 Å². The van der Waals surface area contributed by atoms with Crippen molar-refractivity contribution < 1.29 is 23.9 Å². The van der Waals surface area contributed by atoms with E-state index >= 15 is 0 Å². The topological polar surface area (TPSA) is 72.9 Å². The number of amides is 2. The Hall–Kier alpha value is -2.63. The molecule has 1 fully saturated rings. The average Bonchev–Trinajstić information content (AvgIpc) is 2.87. The number of fused-ring (bicyclic) bond motifs is 1. The van der Waals surface area contributed by atoms with Gasteiger partial charge >= 0.3 is 0 Å². The number of benzene rings is 1. The van der Waals surface area contributed by atoms with Gasteiger partial charge in [0.2, 0.25) is 11.8 Å². The molecule has 24 heavy (non-hydrogen) atoms. The lowest BCUT2D eigenvalue weighted by Crippen LogP contribution is -2.34. The number of likely N-dealkylation sites (tertiary alicyclic amines) is 1. The van der Waals surface area contributed by atoms with E-state index in [-0.39, 0.29) is 36.8 Å². The van der Waals surface area contributed by atoms with Crippen molar-refractivity contribution in [2.24, 2.45) is 11.8 Å². The van der Waals surface area contributed by atoms with Gasteiger partial charge < -0.3 is 9.47 Å². The number of imide groups is 1. The Bertz CT molecular complexity index is 671. The van der Waals surface area contributed by atoms with E-state index in [9.17, 15) is 14.4 Å². The number of allylic oxidation sites excluding steroid dienone is 2. The maximum Gasteiger partial charge on any atom is 0.233 e. The summed E-state index contributed by atoms with van der Waals surface area (Å²) in [7, 11) is 1.49. The predicted molar refractivity (Wildman–Crippen MR) is 86.0 cm³/mol. The monoisotopic (exact) mass is 329 g/mol. The zero-order chi connectivity index (χ0) is 17.1. The fraction of sp³-hybridized carbons (Fsp3) is 0.389. The molecule has 1 aromatic rings. The van der Waals surface area contributed by atoms with Gasteiger partial charge in [0.25, 0.3) is 0 Å². The van der Waals surface area contributed by atoms with Gasteiger partial charge in [-0.25, -0.2) is 0 Å². The molecule has 6 nitrogen and oxygen atoms in total. The SMILES string of the molecule is COc1cc(C=O)ccc1OCCN1C(=O)[C@H]2CC=CC[C@H]2C1=O. The molecule has 3 rings (SSSR count). The van der Waals surface area contributed by atoms with Crippen LogP contribution in [0.25, 0.3) is 0 Å². The number of ether oxygens (including phenoxy) is 2. The Morgan fingerprint density at radius 3 is 2.38 bits per heavy atom. The van der Waals surface area contributed by atoms with Gasteiger partial charge in [0.1, 0.15) is 12.9 Å². The molecule has 1 heterocycles. The molecule has 0 unspecified atom stereocenters. The van der Waals surface area contributed by atoms with Crippen LogP contribution in [0, 0.1) is 11.8 Å². The first-order valence-corrected chi connectivity index (χ1v) is 7.92. The van der Waals surface area contributed by atoms with Crippen molar-refractivity contribution in [3.8, 4) is 11.5 Å². The Balaban J connectivity index is 1.62. The average molecular weight is 329 g/mol. The van der Waals surface area contributed by atoms with E-state index in [4.69, 9.17) is 9.47 Å². The first-order valence-electron chi connectivity index (χ1n) is 7.92. The van der Waals surface area contributed by atoms with Crippen LogP contribution in [0.5, 0.6) is 11.5 Å². The van der Waals surface area contributed by atoms with Crippen LogP contribution in [0.4, 0.5) is 0 Å². The number of hydrogen-bond acceptors (Lipinski definition) is 5. The molecule has 0 N–H and O–H groups in total. The van der Waals surface area contributed by atoms with Gasteiger partial charge in [-0.2, -0.15) is 0 Å². The van der Waals surface area contributed by atoms with E-state index in [1.807, 2.05) is 12.2 Å². The first-order chi connectivity index (χ1) is 11.7. The van der Waals surface area contributed by atoms with Crippen LogP contribution in [-0.2, 0) is 9.59 Å². The summed E-state index contributed by atoms with van der Waals surface area (Å²) in [6.45, 7) is 0.393. The second-order valence-electron chi connectivity index (χ2n) is 5.86. The Labute approximate surface area is 140 Å². The summed E-state index contributed by atoms with van der Waals surface area (Å²) < 4.78 is 10.8. The van der Waals surface area contributed by atoms with Crippen LogP contribution >= 0.6 is 0 Å². The molecule has 0 radical (unpaired) electrons. The lowest BCUT2D eigenvalue weighted by molar-refractivity contribution is -0.140. The number of hydrogen-bond donors (Lipinski definition) is 0. The summed E-state index contributed by atoms with van der Waals surface area (Å²) >= 11 is 0. The highest BCUT2D eigenvalue weighted by Crippen LogP contribution is 2.35. The molecule has 1 aliphatic carbocycles. The third-order valence-corrected chi connectivity index (χ3v) is 4.50. The fourth-order valence-electron chi connectivity index (χ4n) is 3.21. The molecular weight excluding hydrogens is 310 g/mol. The van der Waals surface area contributed by atoms with Gasteiger partial charge in [-0.15, -0.1) is 0 Å². The number of carbonyl (C=O) groups excluding carboxylic acids is 3. The van der Waals surface area contributed by atoms with Gasteiger partial charge in [0, 0.05) is 5.56 Å². The van der Waals surface area contributed by atoms with Crippen molar-refractivity contribution in [2.75, 3.05) is 20.3 Å². The van der Waals surface area contributed by atoms with Crippen LogP contribution in [0.3, 0.4) is 0 Å². The number of carbonyl (C=O) groups is 3. The van der Waals surface area contributed by atoms with Gasteiger partial charge in [0.05, 0.1) is 25.5 Å². The molecule has 0 spiro atoms. The standard InChI is InChI=1S/C18H19NO5/c1-23-16-10-12(11-20)6-7-15(16)24-9-8-19-17(21)13-4-2-3-5-14(13)18(19)22/h2-3,6-7,10-11,13-14H,4-5,8-9H2,1H3/t13-,14+. The van der Waals surface area contributed by atoms with Crippen molar-refractivity contribution >= 4 is 18.1 Å². The Morgan fingerprint density at radius 2 is 1.79 bits per heavy atom.